The van der Waals surface area contributed by atoms with E-state index in [1.54, 1.807) is 0 Å². The number of ether oxygens (including phenoxy) is 2. The Bertz CT molecular complexity index is 487. The van der Waals surface area contributed by atoms with Gasteiger partial charge in [0.25, 0.3) is 5.69 Å². The van der Waals surface area contributed by atoms with Gasteiger partial charge in [0.1, 0.15) is 5.75 Å². The van der Waals surface area contributed by atoms with Crippen molar-refractivity contribution >= 4 is 11.8 Å². The highest BCUT2D eigenvalue weighted by Gasteiger charge is 2.25. The summed E-state index contributed by atoms with van der Waals surface area (Å²) in [7, 11) is 0. The average molecular weight is 307 g/mol. The number of alkyl halides is 3. The van der Waals surface area contributed by atoms with E-state index in [1.165, 1.54) is 12.1 Å². The molecule has 0 spiro atoms. The molecular formula is C12H12F3NO5. The van der Waals surface area contributed by atoms with Crippen LogP contribution in [0.1, 0.15) is 19.3 Å². The predicted octanol–water partition coefficient (Wildman–Crippen LogP) is 3.84. The smallest absolute Gasteiger partial charge is 0.434 e. The van der Waals surface area contributed by atoms with Gasteiger partial charge in [-0.25, -0.2) is 4.79 Å². The highest BCUT2D eigenvalue weighted by Crippen LogP contribution is 2.22. The van der Waals surface area contributed by atoms with Gasteiger partial charge in [-0.3, -0.25) is 10.1 Å². The minimum Gasteiger partial charge on any atom is -0.434 e. The SMILES string of the molecule is O=C(OCCCCC(F)(F)F)Oc1ccc([N+](=O)[O-])cc1. The number of carbonyl (C=O) groups is 1. The zero-order valence-electron chi connectivity index (χ0n) is 10.8. The molecule has 1 aromatic carbocycles. The second kappa shape index (κ2) is 7.46. The lowest BCUT2D eigenvalue weighted by atomic mass is 10.2. The van der Waals surface area contributed by atoms with Crippen molar-refractivity contribution in [3.05, 3.63) is 34.4 Å². The van der Waals surface area contributed by atoms with Crippen molar-refractivity contribution in [1.29, 1.82) is 0 Å². The molecule has 0 fully saturated rings. The summed E-state index contributed by atoms with van der Waals surface area (Å²) in [6.45, 7) is -0.193. The maximum atomic E-state index is 11.8. The monoisotopic (exact) mass is 307 g/mol. The van der Waals surface area contributed by atoms with E-state index in [2.05, 4.69) is 4.74 Å². The van der Waals surface area contributed by atoms with Crippen LogP contribution in [-0.2, 0) is 4.74 Å². The molecule has 0 saturated heterocycles. The van der Waals surface area contributed by atoms with Crippen LogP contribution in [0.15, 0.2) is 24.3 Å². The molecule has 0 bridgehead atoms. The lowest BCUT2D eigenvalue weighted by Crippen LogP contribution is -2.12. The fourth-order valence-electron chi connectivity index (χ4n) is 1.34. The van der Waals surface area contributed by atoms with Crippen molar-refractivity contribution < 1.29 is 32.4 Å². The van der Waals surface area contributed by atoms with Crippen molar-refractivity contribution in [2.75, 3.05) is 6.61 Å². The summed E-state index contributed by atoms with van der Waals surface area (Å²) < 4.78 is 44.8. The zero-order valence-corrected chi connectivity index (χ0v) is 10.8. The highest BCUT2D eigenvalue weighted by molar-refractivity contribution is 5.63. The van der Waals surface area contributed by atoms with Crippen LogP contribution >= 0.6 is 0 Å². The Morgan fingerprint density at radius 3 is 2.33 bits per heavy atom. The van der Waals surface area contributed by atoms with Gasteiger partial charge in [-0.1, -0.05) is 0 Å². The number of nitrogens with zero attached hydrogens (tertiary/aromatic N) is 1. The number of non-ortho nitro benzene ring substituents is 1. The molecule has 0 aromatic heterocycles. The number of carbonyl (C=O) groups excluding carboxylic acids is 1. The quantitative estimate of drug-likeness (QED) is 0.262. The van der Waals surface area contributed by atoms with E-state index in [-0.39, 0.29) is 30.9 Å². The first-order valence-corrected chi connectivity index (χ1v) is 5.94. The summed E-state index contributed by atoms with van der Waals surface area (Å²) in [5.74, 6) is 0.0425. The molecule has 0 unspecified atom stereocenters. The minimum absolute atomic E-state index is 0.0425. The normalized spacial score (nSPS) is 11.0. The number of hydrogen-bond donors (Lipinski definition) is 0. The molecule has 0 saturated carbocycles. The Balaban J connectivity index is 2.26. The minimum atomic E-state index is -4.22. The largest absolute Gasteiger partial charge is 0.513 e. The first-order chi connectivity index (χ1) is 9.78. The second-order valence-corrected chi connectivity index (χ2v) is 4.02. The number of nitro groups is 1. The third-order valence-corrected chi connectivity index (χ3v) is 2.32. The summed E-state index contributed by atoms with van der Waals surface area (Å²) in [5.41, 5.74) is -0.164. The molecule has 1 rings (SSSR count). The molecule has 6 nitrogen and oxygen atoms in total. The molecule has 0 aliphatic rings. The van der Waals surface area contributed by atoms with Gasteiger partial charge in [-0.05, 0) is 25.0 Å². The molecule has 9 heteroatoms. The molecule has 21 heavy (non-hydrogen) atoms. The number of hydrogen-bond acceptors (Lipinski definition) is 5. The van der Waals surface area contributed by atoms with Gasteiger partial charge in [0.2, 0.25) is 0 Å². The maximum Gasteiger partial charge on any atom is 0.513 e. The summed E-state index contributed by atoms with van der Waals surface area (Å²) >= 11 is 0. The van der Waals surface area contributed by atoms with Gasteiger partial charge in [-0.2, -0.15) is 13.2 Å². The first kappa shape index (κ1) is 16.7. The van der Waals surface area contributed by atoms with Crippen molar-refractivity contribution in [2.24, 2.45) is 0 Å². The Hall–Kier alpha value is -2.32. The predicted molar refractivity (Wildman–Crippen MR) is 65.0 cm³/mol. The first-order valence-electron chi connectivity index (χ1n) is 5.94. The van der Waals surface area contributed by atoms with Crippen LogP contribution in [0, 0.1) is 10.1 Å². The molecule has 0 aliphatic carbocycles. The molecular weight excluding hydrogens is 295 g/mol. The molecule has 1 aromatic rings. The van der Waals surface area contributed by atoms with Crippen LogP contribution in [-0.4, -0.2) is 23.9 Å². The fraction of sp³-hybridized carbons (Fsp3) is 0.417. The van der Waals surface area contributed by atoms with E-state index in [0.29, 0.717) is 0 Å². The van der Waals surface area contributed by atoms with Gasteiger partial charge >= 0.3 is 12.3 Å². The van der Waals surface area contributed by atoms with Gasteiger partial charge in [0.15, 0.2) is 0 Å². The summed E-state index contributed by atoms with van der Waals surface area (Å²) in [5, 5.41) is 10.4. The van der Waals surface area contributed by atoms with Crippen LogP contribution in [0.5, 0.6) is 5.75 Å². The molecule has 0 heterocycles. The molecule has 0 N–H and O–H groups in total. The highest BCUT2D eigenvalue weighted by atomic mass is 19.4. The van der Waals surface area contributed by atoms with Crippen LogP contribution < -0.4 is 4.74 Å². The van der Waals surface area contributed by atoms with Crippen LogP contribution in [0.2, 0.25) is 0 Å². The lowest BCUT2D eigenvalue weighted by Gasteiger charge is -2.07. The maximum absolute atomic E-state index is 11.8. The van der Waals surface area contributed by atoms with Crippen LogP contribution in [0.4, 0.5) is 23.7 Å². The third kappa shape index (κ3) is 7.14. The zero-order chi connectivity index (χ0) is 15.9. The van der Waals surface area contributed by atoms with E-state index in [1.807, 2.05) is 0 Å². The summed E-state index contributed by atoms with van der Waals surface area (Å²) in [6, 6.07) is 4.71. The van der Waals surface area contributed by atoms with E-state index >= 15 is 0 Å². The van der Waals surface area contributed by atoms with Crippen molar-refractivity contribution in [3.8, 4) is 5.75 Å². The molecule has 0 amide bonds. The number of benzene rings is 1. The number of nitro benzene ring substituents is 1. The van der Waals surface area contributed by atoms with E-state index in [9.17, 15) is 28.1 Å². The van der Waals surface area contributed by atoms with Crippen molar-refractivity contribution in [3.63, 3.8) is 0 Å². The van der Waals surface area contributed by atoms with E-state index in [4.69, 9.17) is 4.74 Å². The lowest BCUT2D eigenvalue weighted by molar-refractivity contribution is -0.384. The Morgan fingerprint density at radius 2 is 1.81 bits per heavy atom. The number of halogens is 3. The number of unbranched alkanes of at least 4 members (excludes halogenated alkanes) is 1. The van der Waals surface area contributed by atoms with Crippen molar-refractivity contribution in [2.45, 2.75) is 25.4 Å². The van der Waals surface area contributed by atoms with E-state index in [0.717, 1.165) is 12.1 Å². The molecule has 0 atom stereocenters. The second-order valence-electron chi connectivity index (χ2n) is 4.02. The number of rotatable bonds is 6. The van der Waals surface area contributed by atoms with Gasteiger partial charge in [0, 0.05) is 18.6 Å². The standard InChI is InChI=1S/C12H12F3NO5/c13-12(14,15)7-1-2-8-20-11(17)21-10-5-3-9(4-6-10)16(18)19/h3-6H,1-2,7-8H2. The van der Waals surface area contributed by atoms with Crippen molar-refractivity contribution in [1.82, 2.24) is 0 Å². The summed E-state index contributed by atoms with van der Waals surface area (Å²) in [4.78, 5) is 21.0. The fourth-order valence-corrected chi connectivity index (χ4v) is 1.34. The van der Waals surface area contributed by atoms with Crippen LogP contribution in [0.3, 0.4) is 0 Å². The Kier molecular flexibility index (Phi) is 5.94. The van der Waals surface area contributed by atoms with Gasteiger partial charge in [-0.15, -0.1) is 0 Å². The topological polar surface area (TPSA) is 78.7 Å². The molecule has 116 valence electrons. The summed E-state index contributed by atoms with van der Waals surface area (Å²) in [6.07, 6.45) is -6.31. The van der Waals surface area contributed by atoms with E-state index < -0.39 is 23.7 Å². The van der Waals surface area contributed by atoms with Gasteiger partial charge < -0.3 is 9.47 Å². The molecule has 0 radical (unpaired) electrons. The Morgan fingerprint density at radius 1 is 1.19 bits per heavy atom. The van der Waals surface area contributed by atoms with Gasteiger partial charge in [0.05, 0.1) is 11.5 Å². The van der Waals surface area contributed by atoms with Crippen LogP contribution in [0.25, 0.3) is 0 Å². The Labute approximate surface area is 117 Å². The average Bonchev–Trinajstić information content (AvgIpc) is 2.37. The third-order valence-electron chi connectivity index (χ3n) is 2.32. The molecule has 0 aliphatic heterocycles.